The van der Waals surface area contributed by atoms with Crippen molar-refractivity contribution in [3.63, 3.8) is 0 Å². The van der Waals surface area contributed by atoms with Gasteiger partial charge in [0.05, 0.1) is 21.3 Å². The Morgan fingerprint density at radius 1 is 0.657 bits per heavy atom. The van der Waals surface area contributed by atoms with Gasteiger partial charge in [-0.2, -0.15) is 0 Å². The summed E-state index contributed by atoms with van der Waals surface area (Å²) in [6, 6.07) is 23.0. The van der Waals surface area contributed by atoms with Crippen LogP contribution >= 0.6 is 0 Å². The minimum absolute atomic E-state index is 0.633. The first-order valence-electron chi connectivity index (χ1n) is 12.2. The average molecular weight is 477 g/mol. The van der Waals surface area contributed by atoms with Crippen molar-refractivity contribution in [2.45, 2.75) is 13.0 Å². The summed E-state index contributed by atoms with van der Waals surface area (Å²) in [5.41, 5.74) is 3.69. The largest absolute Gasteiger partial charge is 0.493 e. The van der Waals surface area contributed by atoms with Gasteiger partial charge in [0.15, 0.2) is 11.5 Å². The van der Waals surface area contributed by atoms with Gasteiger partial charge in [-0.05, 0) is 34.9 Å². The summed E-state index contributed by atoms with van der Waals surface area (Å²) in [6.45, 7) is 6.56. The van der Waals surface area contributed by atoms with Gasteiger partial charge in [-0.3, -0.25) is 9.80 Å². The zero-order valence-corrected chi connectivity index (χ0v) is 21.0. The fourth-order valence-electron chi connectivity index (χ4n) is 4.55. The average Bonchev–Trinajstić information content (AvgIpc) is 2.90. The van der Waals surface area contributed by atoms with Crippen molar-refractivity contribution in [3.05, 3.63) is 83.4 Å². The third-order valence-corrected chi connectivity index (χ3v) is 6.47. The third-order valence-electron chi connectivity index (χ3n) is 6.47. The molecule has 0 aromatic heterocycles. The number of hydrogen-bond acceptors (Lipinski definition) is 6. The molecule has 3 aromatic rings. The fourth-order valence-corrected chi connectivity index (χ4v) is 4.55. The Morgan fingerprint density at radius 2 is 1.29 bits per heavy atom. The molecule has 186 valence electrons. The Balaban J connectivity index is 1.25. The van der Waals surface area contributed by atoms with Crippen molar-refractivity contribution >= 4 is 0 Å². The molecule has 0 N–H and O–H groups in total. The predicted molar refractivity (Wildman–Crippen MR) is 139 cm³/mol. The molecule has 1 saturated heterocycles. The molecule has 0 aliphatic carbocycles. The van der Waals surface area contributed by atoms with E-state index in [4.69, 9.17) is 18.9 Å². The third kappa shape index (κ3) is 6.68. The highest BCUT2D eigenvalue weighted by molar-refractivity contribution is 5.53. The standard InChI is InChI=1S/C29H36N2O4/c1-32-27-20-24(21-28(33-2)29(27)34-3)22-31-15-13-30(14-16-31)17-18-35-26-12-8-7-11-25(26)19-23-9-5-4-6-10-23/h4-12,20-21H,13-19,22H2,1-3H3. The first-order chi connectivity index (χ1) is 17.2. The van der Waals surface area contributed by atoms with Gasteiger partial charge in [0.1, 0.15) is 12.4 Å². The summed E-state index contributed by atoms with van der Waals surface area (Å²) < 4.78 is 22.7. The summed E-state index contributed by atoms with van der Waals surface area (Å²) in [5, 5.41) is 0. The van der Waals surface area contributed by atoms with E-state index in [1.165, 1.54) is 11.1 Å². The highest BCUT2D eigenvalue weighted by Crippen LogP contribution is 2.38. The van der Waals surface area contributed by atoms with E-state index in [9.17, 15) is 0 Å². The molecule has 6 nitrogen and oxygen atoms in total. The van der Waals surface area contributed by atoms with Crippen molar-refractivity contribution in [1.29, 1.82) is 0 Å². The van der Waals surface area contributed by atoms with E-state index < -0.39 is 0 Å². The molecule has 6 heteroatoms. The molecule has 0 atom stereocenters. The van der Waals surface area contributed by atoms with Crippen molar-refractivity contribution in [2.24, 2.45) is 0 Å². The van der Waals surface area contributed by atoms with Crippen molar-refractivity contribution in [1.82, 2.24) is 9.80 Å². The van der Waals surface area contributed by atoms with Gasteiger partial charge in [-0.15, -0.1) is 0 Å². The number of rotatable bonds is 11. The van der Waals surface area contributed by atoms with Crippen LogP contribution in [-0.4, -0.2) is 70.5 Å². The molecule has 0 saturated carbocycles. The van der Waals surface area contributed by atoms with E-state index in [-0.39, 0.29) is 0 Å². The van der Waals surface area contributed by atoms with Crippen LogP contribution in [0.1, 0.15) is 16.7 Å². The molecule has 35 heavy (non-hydrogen) atoms. The number of benzene rings is 3. The molecule has 4 rings (SSSR count). The minimum atomic E-state index is 0.633. The molecule has 0 radical (unpaired) electrons. The maximum atomic E-state index is 6.21. The van der Waals surface area contributed by atoms with E-state index in [0.29, 0.717) is 23.9 Å². The molecular formula is C29H36N2O4. The van der Waals surface area contributed by atoms with E-state index in [2.05, 4.69) is 58.3 Å². The summed E-state index contributed by atoms with van der Waals surface area (Å²) in [7, 11) is 4.94. The SMILES string of the molecule is COc1cc(CN2CCN(CCOc3ccccc3Cc3ccccc3)CC2)cc(OC)c1OC. The Labute approximate surface area is 209 Å². The second kappa shape index (κ2) is 12.5. The molecule has 0 spiro atoms. The van der Waals surface area contributed by atoms with Crippen molar-refractivity contribution in [2.75, 3.05) is 60.7 Å². The highest BCUT2D eigenvalue weighted by Gasteiger charge is 2.19. The predicted octanol–water partition coefficient (Wildman–Crippen LogP) is 4.50. The van der Waals surface area contributed by atoms with Crippen molar-refractivity contribution < 1.29 is 18.9 Å². The topological polar surface area (TPSA) is 43.4 Å². The number of para-hydroxylation sites is 1. The van der Waals surface area contributed by atoms with E-state index >= 15 is 0 Å². The quantitative estimate of drug-likeness (QED) is 0.406. The van der Waals surface area contributed by atoms with Crippen LogP contribution in [-0.2, 0) is 13.0 Å². The monoisotopic (exact) mass is 476 g/mol. The lowest BCUT2D eigenvalue weighted by molar-refractivity contribution is 0.112. The number of hydrogen-bond donors (Lipinski definition) is 0. The maximum Gasteiger partial charge on any atom is 0.203 e. The lowest BCUT2D eigenvalue weighted by Gasteiger charge is -2.34. The minimum Gasteiger partial charge on any atom is -0.493 e. The zero-order chi connectivity index (χ0) is 24.5. The fraction of sp³-hybridized carbons (Fsp3) is 0.379. The first kappa shape index (κ1) is 24.9. The Kier molecular flexibility index (Phi) is 8.87. The second-order valence-electron chi connectivity index (χ2n) is 8.77. The van der Waals surface area contributed by atoms with Crippen LogP contribution in [0.4, 0.5) is 0 Å². The van der Waals surface area contributed by atoms with Gasteiger partial charge < -0.3 is 18.9 Å². The maximum absolute atomic E-state index is 6.21. The molecule has 1 aliphatic rings. The van der Waals surface area contributed by atoms with E-state index in [1.807, 2.05) is 18.2 Å². The lowest BCUT2D eigenvalue weighted by Crippen LogP contribution is -2.47. The molecule has 1 fully saturated rings. The number of piperazine rings is 1. The molecule has 1 aliphatic heterocycles. The smallest absolute Gasteiger partial charge is 0.203 e. The van der Waals surface area contributed by atoms with Crippen LogP contribution in [0.15, 0.2) is 66.7 Å². The van der Waals surface area contributed by atoms with Crippen LogP contribution in [0, 0.1) is 0 Å². The Hall–Kier alpha value is -3.22. The molecule has 1 heterocycles. The molecule has 0 amide bonds. The number of ether oxygens (including phenoxy) is 4. The summed E-state index contributed by atoms with van der Waals surface area (Å²) in [4.78, 5) is 4.94. The zero-order valence-electron chi connectivity index (χ0n) is 21.0. The second-order valence-corrected chi connectivity index (χ2v) is 8.77. The number of nitrogens with zero attached hydrogens (tertiary/aromatic N) is 2. The first-order valence-corrected chi connectivity index (χ1v) is 12.2. The van der Waals surface area contributed by atoms with Crippen LogP contribution < -0.4 is 18.9 Å². The molecule has 3 aromatic carbocycles. The van der Waals surface area contributed by atoms with Crippen LogP contribution in [0.25, 0.3) is 0 Å². The van der Waals surface area contributed by atoms with Gasteiger partial charge in [0, 0.05) is 45.7 Å². The van der Waals surface area contributed by atoms with Gasteiger partial charge >= 0.3 is 0 Å². The number of methoxy groups -OCH3 is 3. The van der Waals surface area contributed by atoms with Gasteiger partial charge in [0.2, 0.25) is 5.75 Å². The van der Waals surface area contributed by atoms with Gasteiger partial charge in [0.25, 0.3) is 0 Å². The van der Waals surface area contributed by atoms with Crippen molar-refractivity contribution in [3.8, 4) is 23.0 Å². The normalized spacial score (nSPS) is 14.5. The highest BCUT2D eigenvalue weighted by atomic mass is 16.5. The van der Waals surface area contributed by atoms with E-state index in [0.717, 1.165) is 57.0 Å². The van der Waals surface area contributed by atoms with Gasteiger partial charge in [-0.25, -0.2) is 0 Å². The molecular weight excluding hydrogens is 440 g/mol. The summed E-state index contributed by atoms with van der Waals surface area (Å²) in [6.07, 6.45) is 0.886. The van der Waals surface area contributed by atoms with Crippen LogP contribution in [0.5, 0.6) is 23.0 Å². The van der Waals surface area contributed by atoms with Crippen LogP contribution in [0.3, 0.4) is 0 Å². The Morgan fingerprint density at radius 3 is 1.94 bits per heavy atom. The molecule has 0 bridgehead atoms. The summed E-state index contributed by atoms with van der Waals surface area (Å²) >= 11 is 0. The van der Waals surface area contributed by atoms with Gasteiger partial charge in [-0.1, -0.05) is 48.5 Å². The van der Waals surface area contributed by atoms with E-state index in [1.54, 1.807) is 21.3 Å². The molecule has 0 unspecified atom stereocenters. The lowest BCUT2D eigenvalue weighted by atomic mass is 10.0. The summed E-state index contributed by atoms with van der Waals surface area (Å²) in [5.74, 6) is 3.02. The Bertz CT molecular complexity index is 1040. The van der Waals surface area contributed by atoms with Crippen LogP contribution in [0.2, 0.25) is 0 Å².